The fourth-order valence-electron chi connectivity index (χ4n) is 4.96. The van der Waals surface area contributed by atoms with Crippen molar-refractivity contribution in [2.24, 2.45) is 0 Å². The van der Waals surface area contributed by atoms with Crippen LogP contribution in [-0.2, 0) is 0 Å². The van der Waals surface area contributed by atoms with Crippen LogP contribution in [0, 0.1) is 0 Å². The van der Waals surface area contributed by atoms with Gasteiger partial charge in [0.15, 0.2) is 5.82 Å². The molecule has 0 saturated heterocycles. The van der Waals surface area contributed by atoms with Gasteiger partial charge in [0.05, 0.1) is 27.9 Å². The fraction of sp³-hybridized carbons (Fsp3) is 0. The van der Waals surface area contributed by atoms with E-state index in [1.165, 1.54) is 0 Å². The average Bonchev–Trinajstić information content (AvgIpc) is 3.31. The topological polar surface area (TPSA) is 43.6 Å². The summed E-state index contributed by atoms with van der Waals surface area (Å²) in [5.41, 5.74) is 9.04. The monoisotopic (exact) mass is 552 g/mol. The zero-order chi connectivity index (χ0) is 25.5. The van der Waals surface area contributed by atoms with Crippen molar-refractivity contribution in [1.29, 1.82) is 0 Å². The summed E-state index contributed by atoms with van der Waals surface area (Å²) in [7, 11) is 0. The molecule has 3 aromatic heterocycles. The first kappa shape index (κ1) is 22.6. The molecular weight excluding hydrogens is 532 g/mol. The molecule has 7 aromatic rings. The minimum absolute atomic E-state index is 0.706. The molecular formula is C33H21BrN4. The van der Waals surface area contributed by atoms with Crippen molar-refractivity contribution < 1.29 is 0 Å². The van der Waals surface area contributed by atoms with Crippen LogP contribution in [0.2, 0.25) is 0 Å². The third kappa shape index (κ3) is 3.98. The highest BCUT2D eigenvalue weighted by molar-refractivity contribution is 9.10. The lowest BCUT2D eigenvalue weighted by Crippen LogP contribution is -1.98. The summed E-state index contributed by atoms with van der Waals surface area (Å²) in [6.07, 6.45) is 1.85. The van der Waals surface area contributed by atoms with E-state index in [9.17, 15) is 0 Å². The maximum absolute atomic E-state index is 5.02. The first-order valence-electron chi connectivity index (χ1n) is 12.4. The van der Waals surface area contributed by atoms with Gasteiger partial charge in [-0.05, 0) is 48.5 Å². The molecule has 5 heteroatoms. The summed E-state index contributed by atoms with van der Waals surface area (Å²) in [5.74, 6) is 0.706. The van der Waals surface area contributed by atoms with Crippen LogP contribution < -0.4 is 0 Å². The molecule has 0 N–H and O–H groups in total. The van der Waals surface area contributed by atoms with E-state index in [-0.39, 0.29) is 0 Å². The van der Waals surface area contributed by atoms with Gasteiger partial charge in [0.2, 0.25) is 0 Å². The Balaban J connectivity index is 1.44. The highest BCUT2D eigenvalue weighted by Crippen LogP contribution is 2.34. The number of rotatable bonds is 4. The molecule has 7 rings (SSSR count). The summed E-state index contributed by atoms with van der Waals surface area (Å²) in [4.78, 5) is 14.7. The standard InChI is InChI=1S/C33H21BrN4/c34-25-16-17-27-31(20-25)38(30-15-8-18-35-32(27)30)26-14-7-13-24(19-26)29-21-28(22-9-3-1-4-10-22)36-33(37-29)23-11-5-2-6-12-23/h1-21H. The number of aromatic nitrogens is 4. The molecule has 4 nitrogen and oxygen atoms in total. The van der Waals surface area contributed by atoms with Crippen LogP contribution >= 0.6 is 15.9 Å². The first-order valence-corrected chi connectivity index (χ1v) is 13.2. The molecule has 0 radical (unpaired) electrons. The van der Waals surface area contributed by atoms with Crippen molar-refractivity contribution in [3.63, 3.8) is 0 Å². The van der Waals surface area contributed by atoms with Gasteiger partial charge < -0.3 is 4.57 Å². The zero-order valence-electron chi connectivity index (χ0n) is 20.3. The molecule has 4 aromatic carbocycles. The van der Waals surface area contributed by atoms with E-state index >= 15 is 0 Å². The first-order chi connectivity index (χ1) is 18.7. The summed E-state index contributed by atoms with van der Waals surface area (Å²) < 4.78 is 3.30. The molecule has 0 spiro atoms. The van der Waals surface area contributed by atoms with Crippen LogP contribution in [0.1, 0.15) is 0 Å². The molecule has 38 heavy (non-hydrogen) atoms. The second-order valence-electron chi connectivity index (χ2n) is 9.11. The van der Waals surface area contributed by atoms with Crippen LogP contribution in [0.15, 0.2) is 132 Å². The smallest absolute Gasteiger partial charge is 0.160 e. The van der Waals surface area contributed by atoms with E-state index in [1.807, 2.05) is 60.8 Å². The molecule has 0 aliphatic carbocycles. The Kier molecular flexibility index (Phi) is 5.56. The Hall–Kier alpha value is -4.61. The van der Waals surface area contributed by atoms with Gasteiger partial charge in [-0.3, -0.25) is 4.98 Å². The Morgan fingerprint density at radius 1 is 0.553 bits per heavy atom. The molecule has 0 fully saturated rings. The number of fused-ring (bicyclic) bond motifs is 3. The number of benzene rings is 4. The van der Waals surface area contributed by atoms with Gasteiger partial charge in [0, 0.05) is 38.4 Å². The minimum Gasteiger partial charge on any atom is -0.308 e. The highest BCUT2D eigenvalue weighted by atomic mass is 79.9. The van der Waals surface area contributed by atoms with Crippen molar-refractivity contribution in [3.8, 4) is 39.6 Å². The molecule has 0 saturated carbocycles. The Bertz CT molecular complexity index is 1870. The molecule has 0 aliphatic rings. The number of hydrogen-bond donors (Lipinski definition) is 0. The Morgan fingerprint density at radius 3 is 2.05 bits per heavy atom. The molecule has 180 valence electrons. The lowest BCUT2D eigenvalue weighted by molar-refractivity contribution is 1.16. The maximum Gasteiger partial charge on any atom is 0.160 e. The number of pyridine rings is 1. The van der Waals surface area contributed by atoms with Crippen LogP contribution in [0.4, 0.5) is 0 Å². The van der Waals surface area contributed by atoms with Crippen molar-refractivity contribution in [2.75, 3.05) is 0 Å². The predicted octanol–water partition coefficient (Wildman–Crippen LogP) is 8.73. The van der Waals surface area contributed by atoms with Crippen LogP contribution in [0.5, 0.6) is 0 Å². The SMILES string of the molecule is Brc1ccc2c3ncccc3n(-c3cccc(-c4cc(-c5ccccc5)nc(-c5ccccc5)n4)c3)c2c1. The second kappa shape index (κ2) is 9.36. The summed E-state index contributed by atoms with van der Waals surface area (Å²) in [6, 6.07) is 41.4. The fourth-order valence-corrected chi connectivity index (χ4v) is 5.30. The molecule has 0 bridgehead atoms. The molecule has 0 unspecified atom stereocenters. The number of hydrogen-bond acceptors (Lipinski definition) is 3. The Labute approximate surface area is 228 Å². The highest BCUT2D eigenvalue weighted by Gasteiger charge is 2.15. The van der Waals surface area contributed by atoms with Gasteiger partial charge in [-0.1, -0.05) is 88.7 Å². The molecule has 3 heterocycles. The van der Waals surface area contributed by atoms with E-state index in [0.717, 1.165) is 60.2 Å². The van der Waals surface area contributed by atoms with Gasteiger partial charge in [0.1, 0.15) is 0 Å². The van der Waals surface area contributed by atoms with E-state index in [1.54, 1.807) is 0 Å². The van der Waals surface area contributed by atoms with Gasteiger partial charge >= 0.3 is 0 Å². The third-order valence-electron chi connectivity index (χ3n) is 6.71. The van der Waals surface area contributed by atoms with Crippen LogP contribution in [0.3, 0.4) is 0 Å². The lowest BCUT2D eigenvalue weighted by atomic mass is 10.1. The van der Waals surface area contributed by atoms with E-state index < -0.39 is 0 Å². The van der Waals surface area contributed by atoms with Crippen molar-refractivity contribution in [2.45, 2.75) is 0 Å². The predicted molar refractivity (Wildman–Crippen MR) is 158 cm³/mol. The Morgan fingerprint density at radius 2 is 1.26 bits per heavy atom. The number of halogens is 1. The summed E-state index contributed by atoms with van der Waals surface area (Å²) >= 11 is 3.66. The largest absolute Gasteiger partial charge is 0.308 e. The molecule has 0 aliphatic heterocycles. The average molecular weight is 553 g/mol. The van der Waals surface area contributed by atoms with Gasteiger partial charge in [-0.15, -0.1) is 0 Å². The van der Waals surface area contributed by atoms with Crippen LogP contribution in [0.25, 0.3) is 61.5 Å². The quantitative estimate of drug-likeness (QED) is 0.219. The van der Waals surface area contributed by atoms with Crippen molar-refractivity contribution in [1.82, 2.24) is 19.5 Å². The van der Waals surface area contributed by atoms with E-state index in [0.29, 0.717) is 5.82 Å². The number of nitrogens with zero attached hydrogens (tertiary/aromatic N) is 4. The van der Waals surface area contributed by atoms with Gasteiger partial charge in [-0.2, -0.15) is 0 Å². The van der Waals surface area contributed by atoms with Crippen molar-refractivity contribution in [3.05, 3.63) is 132 Å². The van der Waals surface area contributed by atoms with E-state index in [2.05, 4.69) is 87.2 Å². The van der Waals surface area contributed by atoms with E-state index in [4.69, 9.17) is 15.0 Å². The molecule has 0 atom stereocenters. The van der Waals surface area contributed by atoms with Gasteiger partial charge in [0.25, 0.3) is 0 Å². The summed E-state index contributed by atoms with van der Waals surface area (Å²) in [6.45, 7) is 0. The normalized spacial score (nSPS) is 11.3. The minimum atomic E-state index is 0.706. The zero-order valence-corrected chi connectivity index (χ0v) is 21.9. The van der Waals surface area contributed by atoms with Gasteiger partial charge in [-0.25, -0.2) is 9.97 Å². The lowest BCUT2D eigenvalue weighted by Gasteiger charge is -2.12. The van der Waals surface area contributed by atoms with Crippen LogP contribution in [-0.4, -0.2) is 19.5 Å². The maximum atomic E-state index is 5.02. The molecule has 0 amide bonds. The summed E-state index contributed by atoms with van der Waals surface area (Å²) in [5, 5.41) is 1.12. The van der Waals surface area contributed by atoms with Crippen molar-refractivity contribution >= 4 is 37.9 Å². The third-order valence-corrected chi connectivity index (χ3v) is 7.20. The second-order valence-corrected chi connectivity index (χ2v) is 10.0.